The van der Waals surface area contributed by atoms with Crippen molar-refractivity contribution >= 4 is 0 Å². The summed E-state index contributed by atoms with van der Waals surface area (Å²) in [5.74, 6) is 2.56. The number of rotatable bonds is 1. The van der Waals surface area contributed by atoms with Crippen LogP contribution in [0, 0.1) is 0 Å². The Hall–Kier alpha value is -0.790. The highest BCUT2D eigenvalue weighted by Gasteiger charge is 2.20. The quantitative estimate of drug-likeness (QED) is 0.646. The van der Waals surface area contributed by atoms with Crippen LogP contribution in [0.25, 0.3) is 0 Å². The van der Waals surface area contributed by atoms with Gasteiger partial charge in [0.1, 0.15) is 5.82 Å². The zero-order chi connectivity index (χ0) is 9.42. The van der Waals surface area contributed by atoms with Crippen molar-refractivity contribution in [1.29, 1.82) is 0 Å². The van der Waals surface area contributed by atoms with Gasteiger partial charge in [0.2, 0.25) is 0 Å². The van der Waals surface area contributed by atoms with Crippen LogP contribution >= 0.6 is 0 Å². The van der Waals surface area contributed by atoms with Crippen molar-refractivity contribution in [1.82, 2.24) is 9.55 Å². The maximum absolute atomic E-state index is 4.52. The summed E-state index contributed by atoms with van der Waals surface area (Å²) in [6.45, 7) is 7.93. The molecule has 1 aliphatic heterocycles. The monoisotopic (exact) mass is 178 g/mol. The molecule has 1 aromatic rings. The fraction of sp³-hybridized carbons (Fsp3) is 0.727. The summed E-state index contributed by atoms with van der Waals surface area (Å²) in [5.41, 5.74) is 1.40. The van der Waals surface area contributed by atoms with E-state index >= 15 is 0 Å². The topological polar surface area (TPSA) is 17.8 Å². The smallest absolute Gasteiger partial charge is 0.111 e. The van der Waals surface area contributed by atoms with Crippen molar-refractivity contribution in [3.63, 3.8) is 0 Å². The molecule has 0 bridgehead atoms. The maximum Gasteiger partial charge on any atom is 0.111 e. The summed E-state index contributed by atoms with van der Waals surface area (Å²) in [5, 5.41) is 0. The highest BCUT2D eigenvalue weighted by atomic mass is 15.1. The molecule has 1 atom stereocenters. The average Bonchev–Trinajstić information content (AvgIpc) is 2.48. The largest absolute Gasteiger partial charge is 0.332 e. The van der Waals surface area contributed by atoms with E-state index in [1.807, 2.05) is 0 Å². The lowest BCUT2D eigenvalue weighted by Gasteiger charge is -2.22. The number of hydrogen-bond acceptors (Lipinski definition) is 1. The lowest BCUT2D eigenvalue weighted by molar-refractivity contribution is 0.449. The molecule has 0 saturated carbocycles. The highest BCUT2D eigenvalue weighted by molar-refractivity contribution is 5.13. The molecule has 72 valence electrons. The van der Waals surface area contributed by atoms with Gasteiger partial charge >= 0.3 is 0 Å². The number of imidazole rings is 1. The van der Waals surface area contributed by atoms with E-state index in [4.69, 9.17) is 0 Å². The normalized spacial score (nSPS) is 22.0. The van der Waals surface area contributed by atoms with Gasteiger partial charge in [-0.25, -0.2) is 4.98 Å². The Bertz CT molecular complexity index is 286. The molecule has 0 aromatic carbocycles. The number of fused-ring (bicyclic) bond motifs is 1. The van der Waals surface area contributed by atoms with E-state index in [1.54, 1.807) is 0 Å². The second-order valence-corrected chi connectivity index (χ2v) is 4.39. The summed E-state index contributed by atoms with van der Waals surface area (Å²) in [6, 6.07) is 0. The minimum absolute atomic E-state index is 0.603. The average molecular weight is 178 g/mol. The van der Waals surface area contributed by atoms with Crippen LogP contribution in [0.3, 0.4) is 0 Å². The van der Waals surface area contributed by atoms with Gasteiger partial charge in [-0.2, -0.15) is 0 Å². The first kappa shape index (κ1) is 8.79. The molecule has 13 heavy (non-hydrogen) atoms. The molecular formula is C11H18N2. The molecule has 0 N–H and O–H groups in total. The van der Waals surface area contributed by atoms with Crippen LogP contribution in [-0.4, -0.2) is 9.55 Å². The molecule has 0 amide bonds. The Morgan fingerprint density at radius 1 is 1.54 bits per heavy atom. The molecular weight excluding hydrogens is 160 g/mol. The molecule has 2 nitrogen and oxygen atoms in total. The summed E-state index contributed by atoms with van der Waals surface area (Å²) < 4.78 is 2.42. The molecule has 1 aliphatic rings. The standard InChI is InChI=1S/C11H18N2/c1-8(2)10-7-12-11-9(3)5-4-6-13(10)11/h7-9H,4-6H2,1-3H3. The van der Waals surface area contributed by atoms with E-state index in [0.29, 0.717) is 11.8 Å². The first-order chi connectivity index (χ1) is 6.20. The third-order valence-corrected chi connectivity index (χ3v) is 2.97. The predicted molar refractivity (Wildman–Crippen MR) is 54.0 cm³/mol. The highest BCUT2D eigenvalue weighted by Crippen LogP contribution is 2.28. The van der Waals surface area contributed by atoms with E-state index in [0.717, 1.165) is 0 Å². The predicted octanol–water partition coefficient (Wildman–Crippen LogP) is 2.90. The third-order valence-electron chi connectivity index (χ3n) is 2.97. The lowest BCUT2D eigenvalue weighted by atomic mass is 10.0. The van der Waals surface area contributed by atoms with Gasteiger partial charge in [0, 0.05) is 24.4 Å². The molecule has 0 radical (unpaired) electrons. The second kappa shape index (κ2) is 3.17. The summed E-state index contributed by atoms with van der Waals surface area (Å²) in [4.78, 5) is 4.52. The molecule has 0 spiro atoms. The van der Waals surface area contributed by atoms with Crippen LogP contribution in [0.4, 0.5) is 0 Å². The van der Waals surface area contributed by atoms with Crippen LogP contribution in [0.15, 0.2) is 6.20 Å². The van der Waals surface area contributed by atoms with E-state index < -0.39 is 0 Å². The van der Waals surface area contributed by atoms with Crippen molar-refractivity contribution in [3.8, 4) is 0 Å². The van der Waals surface area contributed by atoms with Crippen LogP contribution in [-0.2, 0) is 6.54 Å². The van der Waals surface area contributed by atoms with Crippen LogP contribution in [0.5, 0.6) is 0 Å². The van der Waals surface area contributed by atoms with Crippen LogP contribution < -0.4 is 0 Å². The Labute approximate surface area is 80.0 Å². The van der Waals surface area contributed by atoms with Crippen molar-refractivity contribution < 1.29 is 0 Å². The van der Waals surface area contributed by atoms with E-state index in [-0.39, 0.29) is 0 Å². The van der Waals surface area contributed by atoms with Gasteiger partial charge < -0.3 is 4.57 Å². The fourth-order valence-electron chi connectivity index (χ4n) is 2.19. The SMILES string of the molecule is CC(C)c1cnc2n1CCCC2C. The molecule has 2 rings (SSSR count). The summed E-state index contributed by atoms with van der Waals surface area (Å²) >= 11 is 0. The van der Waals surface area contributed by atoms with Gasteiger partial charge in [0.25, 0.3) is 0 Å². The van der Waals surface area contributed by atoms with E-state index in [9.17, 15) is 0 Å². The maximum atomic E-state index is 4.52. The molecule has 1 unspecified atom stereocenters. The van der Waals surface area contributed by atoms with E-state index in [1.165, 1.54) is 30.9 Å². The van der Waals surface area contributed by atoms with Gasteiger partial charge in [0.05, 0.1) is 0 Å². The lowest BCUT2D eigenvalue weighted by Crippen LogP contribution is -2.16. The Kier molecular flexibility index (Phi) is 2.14. The van der Waals surface area contributed by atoms with Crippen LogP contribution in [0.2, 0.25) is 0 Å². The van der Waals surface area contributed by atoms with Crippen molar-refractivity contribution in [2.75, 3.05) is 0 Å². The first-order valence-corrected chi connectivity index (χ1v) is 5.25. The minimum Gasteiger partial charge on any atom is -0.332 e. The van der Waals surface area contributed by atoms with Gasteiger partial charge in [-0.15, -0.1) is 0 Å². The number of nitrogens with zero attached hydrogens (tertiary/aromatic N) is 2. The number of hydrogen-bond donors (Lipinski definition) is 0. The Balaban J connectivity index is 2.41. The fourth-order valence-corrected chi connectivity index (χ4v) is 2.19. The third kappa shape index (κ3) is 1.38. The summed E-state index contributed by atoms with van der Waals surface area (Å²) in [7, 11) is 0. The van der Waals surface area contributed by atoms with Crippen molar-refractivity contribution in [3.05, 3.63) is 17.7 Å². The molecule has 0 saturated heterocycles. The Morgan fingerprint density at radius 3 is 3.00 bits per heavy atom. The van der Waals surface area contributed by atoms with E-state index in [2.05, 4.69) is 36.5 Å². The van der Waals surface area contributed by atoms with Crippen molar-refractivity contribution in [2.45, 2.75) is 52.0 Å². The number of aromatic nitrogens is 2. The van der Waals surface area contributed by atoms with Gasteiger partial charge in [-0.05, 0) is 18.8 Å². The minimum atomic E-state index is 0.603. The summed E-state index contributed by atoms with van der Waals surface area (Å²) in [6.07, 6.45) is 4.67. The second-order valence-electron chi connectivity index (χ2n) is 4.39. The van der Waals surface area contributed by atoms with Crippen molar-refractivity contribution in [2.24, 2.45) is 0 Å². The zero-order valence-corrected chi connectivity index (χ0v) is 8.75. The molecule has 2 heteroatoms. The Morgan fingerprint density at radius 2 is 2.31 bits per heavy atom. The molecule has 2 heterocycles. The van der Waals surface area contributed by atoms with Gasteiger partial charge in [-0.3, -0.25) is 0 Å². The molecule has 1 aromatic heterocycles. The zero-order valence-electron chi connectivity index (χ0n) is 8.75. The van der Waals surface area contributed by atoms with Crippen LogP contribution in [0.1, 0.15) is 57.0 Å². The van der Waals surface area contributed by atoms with Gasteiger partial charge in [0.15, 0.2) is 0 Å². The molecule has 0 fully saturated rings. The first-order valence-electron chi connectivity index (χ1n) is 5.25. The molecule has 0 aliphatic carbocycles. The van der Waals surface area contributed by atoms with Gasteiger partial charge in [-0.1, -0.05) is 20.8 Å².